The van der Waals surface area contributed by atoms with E-state index in [1.54, 1.807) is 0 Å². The lowest BCUT2D eigenvalue weighted by Crippen LogP contribution is -2.10. The number of hydrogen-bond acceptors (Lipinski definition) is 2. The summed E-state index contributed by atoms with van der Waals surface area (Å²) in [7, 11) is 0. The lowest BCUT2D eigenvalue weighted by molar-refractivity contribution is 1.29. The number of fused-ring (bicyclic) bond motifs is 4. The summed E-state index contributed by atoms with van der Waals surface area (Å²) in [6.07, 6.45) is 8.78. The van der Waals surface area contributed by atoms with E-state index in [4.69, 9.17) is 0 Å². The highest BCUT2D eigenvalue weighted by Gasteiger charge is 2.24. The summed E-state index contributed by atoms with van der Waals surface area (Å²) >= 11 is 0. The third-order valence-electron chi connectivity index (χ3n) is 15.8. The van der Waals surface area contributed by atoms with Crippen LogP contribution in [0.3, 0.4) is 0 Å². The van der Waals surface area contributed by atoms with Crippen LogP contribution in [0.5, 0.6) is 0 Å². The van der Waals surface area contributed by atoms with Crippen LogP contribution in [0.15, 0.2) is 231 Å². The highest BCUT2D eigenvalue weighted by Crippen LogP contribution is 2.51. The first kappa shape index (κ1) is 45.1. The molecule has 0 unspecified atom stereocenters. The molecule has 0 saturated heterocycles. The molecule has 0 radical (unpaired) electrons. The van der Waals surface area contributed by atoms with Crippen LogP contribution in [0.25, 0.3) is 99.7 Å². The Kier molecular flexibility index (Phi) is 10.8. The molecular formula is C74H54N2. The number of anilines is 6. The minimum Gasteiger partial charge on any atom is -0.310 e. The molecule has 0 atom stereocenters. The fourth-order valence-electron chi connectivity index (χ4n) is 11.9. The molecule has 0 aliphatic rings. The molecule has 2 heteroatoms. The number of nitrogens with zero attached hydrogens (tertiary/aromatic N) is 2. The van der Waals surface area contributed by atoms with Crippen LogP contribution < -0.4 is 9.80 Å². The molecule has 14 rings (SSSR count). The molecular weight excluding hydrogens is 917 g/mol. The highest BCUT2D eigenvalue weighted by molar-refractivity contribution is 6.43. The van der Waals surface area contributed by atoms with E-state index >= 15 is 0 Å². The minimum atomic E-state index is 1.12. The molecule has 14 aromatic carbocycles. The van der Waals surface area contributed by atoms with Gasteiger partial charge in [0.25, 0.3) is 0 Å². The quantitative estimate of drug-likeness (QED) is 0.0765. The molecule has 0 aliphatic carbocycles. The van der Waals surface area contributed by atoms with E-state index in [9.17, 15) is 0 Å². The average Bonchev–Trinajstić information content (AvgIpc) is 3.54. The predicted octanol–water partition coefficient (Wildman–Crippen LogP) is 21.1. The SMILES string of the molecule is Cc1ccc(C=Cc2ccc(N(c3ccc(C)cc3)c3ccc4c5ccc6c7cccc8c(N(c9ccc(C)cc9)c9ccc(C=Cc%10ccc(C)cc%10)cc9)ccc(c9ccc(c%10cccc3c%104)c5c69)c87)cc2)cc1. The highest BCUT2D eigenvalue weighted by atomic mass is 15.1. The van der Waals surface area contributed by atoms with Crippen molar-refractivity contribution in [3.8, 4) is 0 Å². The number of hydrogen-bond donors (Lipinski definition) is 0. The Morgan fingerprint density at radius 3 is 0.750 bits per heavy atom. The Balaban J connectivity index is 0.908. The van der Waals surface area contributed by atoms with Gasteiger partial charge in [0.15, 0.2) is 0 Å². The Bertz CT molecular complexity index is 4180. The van der Waals surface area contributed by atoms with E-state index in [0.717, 1.165) is 45.3 Å². The summed E-state index contributed by atoms with van der Waals surface area (Å²) in [5, 5.41) is 17.9. The van der Waals surface area contributed by atoms with Gasteiger partial charge >= 0.3 is 0 Å². The first-order valence-electron chi connectivity index (χ1n) is 26.5. The lowest BCUT2D eigenvalue weighted by atomic mass is 9.83. The molecule has 76 heavy (non-hydrogen) atoms. The molecule has 0 bridgehead atoms. The molecule has 0 saturated carbocycles. The van der Waals surface area contributed by atoms with Gasteiger partial charge in [0.1, 0.15) is 0 Å². The topological polar surface area (TPSA) is 6.48 Å². The van der Waals surface area contributed by atoms with Crippen molar-refractivity contribution in [3.05, 3.63) is 275 Å². The van der Waals surface area contributed by atoms with Crippen LogP contribution >= 0.6 is 0 Å². The first-order valence-corrected chi connectivity index (χ1v) is 26.5. The van der Waals surface area contributed by atoms with Gasteiger partial charge in [0.2, 0.25) is 0 Å². The number of rotatable bonds is 10. The molecule has 0 fully saturated rings. The predicted molar refractivity (Wildman–Crippen MR) is 330 cm³/mol. The van der Waals surface area contributed by atoms with Crippen molar-refractivity contribution in [1.82, 2.24) is 0 Å². The second-order valence-electron chi connectivity index (χ2n) is 20.8. The normalized spacial score (nSPS) is 12.1. The third-order valence-corrected chi connectivity index (χ3v) is 15.8. The van der Waals surface area contributed by atoms with Gasteiger partial charge in [-0.25, -0.2) is 0 Å². The molecule has 0 spiro atoms. The second kappa shape index (κ2) is 18.2. The van der Waals surface area contributed by atoms with Crippen molar-refractivity contribution in [3.63, 3.8) is 0 Å². The van der Waals surface area contributed by atoms with E-state index in [1.807, 2.05) is 0 Å². The Morgan fingerprint density at radius 1 is 0.211 bits per heavy atom. The van der Waals surface area contributed by atoms with Crippen molar-refractivity contribution in [2.24, 2.45) is 0 Å². The van der Waals surface area contributed by atoms with E-state index in [1.165, 1.54) is 109 Å². The third kappa shape index (κ3) is 7.64. The molecule has 0 aromatic heterocycles. The minimum absolute atomic E-state index is 1.12. The first-order chi connectivity index (χ1) is 37.3. The summed E-state index contributed by atoms with van der Waals surface area (Å²) in [4.78, 5) is 4.86. The lowest BCUT2D eigenvalue weighted by Gasteiger charge is -2.29. The standard InChI is InChI=1S/C74H54N2/c1-47-11-19-51(20-12-47)23-25-53-27-35-57(36-28-53)75(55-31-15-49(3)16-32-55)69-45-43-61-65-41-40-64-60-8-6-10-68-70(46-44-62(72(60)68)66-42-39-63(73(65)74(64)66)59-7-5-9-67(69)71(59)61)76(56-33-17-50(4)18-34-56)58-37-29-54(30-38-58)26-24-52-21-13-48(2)14-22-52/h5-46H,1-4H3. The van der Waals surface area contributed by atoms with Crippen molar-refractivity contribution in [2.75, 3.05) is 9.80 Å². The maximum absolute atomic E-state index is 2.43. The second-order valence-corrected chi connectivity index (χ2v) is 20.8. The largest absolute Gasteiger partial charge is 0.310 e. The van der Waals surface area contributed by atoms with Crippen molar-refractivity contribution >= 4 is 134 Å². The number of aryl methyl sites for hydroxylation is 4. The van der Waals surface area contributed by atoms with E-state index < -0.39 is 0 Å². The summed E-state index contributed by atoms with van der Waals surface area (Å²) in [5.41, 5.74) is 16.5. The molecule has 360 valence electrons. The Morgan fingerprint density at radius 2 is 0.434 bits per heavy atom. The van der Waals surface area contributed by atoms with Crippen LogP contribution in [0, 0.1) is 27.7 Å². The van der Waals surface area contributed by atoms with Crippen LogP contribution in [0.2, 0.25) is 0 Å². The molecule has 14 aromatic rings. The summed E-state index contributed by atoms with van der Waals surface area (Å²) < 4.78 is 0. The fourth-order valence-corrected chi connectivity index (χ4v) is 11.9. The van der Waals surface area contributed by atoms with E-state index in [0.29, 0.717) is 0 Å². The molecule has 2 nitrogen and oxygen atoms in total. The zero-order chi connectivity index (χ0) is 51.0. The van der Waals surface area contributed by atoms with Crippen molar-refractivity contribution in [1.29, 1.82) is 0 Å². The monoisotopic (exact) mass is 970 g/mol. The van der Waals surface area contributed by atoms with Crippen LogP contribution in [0.4, 0.5) is 34.1 Å². The fraction of sp³-hybridized carbons (Fsp3) is 0.0541. The van der Waals surface area contributed by atoms with Gasteiger partial charge in [-0.1, -0.05) is 216 Å². The summed E-state index contributed by atoms with van der Waals surface area (Å²) in [6, 6.07) is 86.0. The molecule has 0 heterocycles. The van der Waals surface area contributed by atoms with Crippen molar-refractivity contribution < 1.29 is 0 Å². The smallest absolute Gasteiger partial charge is 0.0540 e. The van der Waals surface area contributed by atoms with Gasteiger partial charge in [0, 0.05) is 33.5 Å². The molecule has 0 amide bonds. The average molecular weight is 971 g/mol. The van der Waals surface area contributed by atoms with E-state index in [2.05, 4.69) is 292 Å². The van der Waals surface area contributed by atoms with Gasteiger partial charge in [-0.3, -0.25) is 0 Å². The number of benzene rings is 14. The Labute approximate surface area is 444 Å². The zero-order valence-corrected chi connectivity index (χ0v) is 43.1. The maximum Gasteiger partial charge on any atom is 0.0540 e. The maximum atomic E-state index is 2.43. The van der Waals surface area contributed by atoms with Crippen LogP contribution in [-0.4, -0.2) is 0 Å². The van der Waals surface area contributed by atoms with Crippen molar-refractivity contribution in [2.45, 2.75) is 27.7 Å². The Hall–Kier alpha value is -9.50. The van der Waals surface area contributed by atoms with Gasteiger partial charge in [-0.15, -0.1) is 0 Å². The van der Waals surface area contributed by atoms with Gasteiger partial charge in [-0.2, -0.15) is 0 Å². The van der Waals surface area contributed by atoms with Gasteiger partial charge in [-0.05, 0) is 175 Å². The zero-order valence-electron chi connectivity index (χ0n) is 43.1. The van der Waals surface area contributed by atoms with Crippen LogP contribution in [0.1, 0.15) is 44.5 Å². The van der Waals surface area contributed by atoms with Crippen LogP contribution in [-0.2, 0) is 0 Å². The van der Waals surface area contributed by atoms with E-state index in [-0.39, 0.29) is 0 Å². The summed E-state index contributed by atoms with van der Waals surface area (Å²) in [5.74, 6) is 0. The summed E-state index contributed by atoms with van der Waals surface area (Å²) in [6.45, 7) is 8.57. The molecule has 0 aliphatic heterocycles. The molecule has 0 N–H and O–H groups in total. The van der Waals surface area contributed by atoms with Gasteiger partial charge in [0.05, 0.1) is 11.4 Å². The van der Waals surface area contributed by atoms with Gasteiger partial charge < -0.3 is 9.80 Å².